The van der Waals surface area contributed by atoms with Crippen LogP contribution in [0.5, 0.6) is 11.6 Å². The van der Waals surface area contributed by atoms with Crippen LogP contribution in [-0.4, -0.2) is 42.7 Å². The maximum atomic E-state index is 12.5. The average molecular weight is 401 g/mol. The van der Waals surface area contributed by atoms with E-state index < -0.39 is 0 Å². The molecule has 1 heterocycles. The van der Waals surface area contributed by atoms with E-state index in [1.54, 1.807) is 30.3 Å². The van der Waals surface area contributed by atoms with E-state index in [0.29, 0.717) is 41.8 Å². The van der Waals surface area contributed by atoms with Crippen LogP contribution in [-0.2, 0) is 9.53 Å². The normalized spacial score (nSPS) is 10.9. The minimum atomic E-state index is -0.363. The molecule has 0 bridgehead atoms. The van der Waals surface area contributed by atoms with Crippen LogP contribution in [0.2, 0.25) is 0 Å². The van der Waals surface area contributed by atoms with E-state index in [0.717, 1.165) is 0 Å². The Kier molecular flexibility index (Phi) is 7.55. The van der Waals surface area contributed by atoms with Crippen molar-refractivity contribution >= 4 is 23.2 Å². The summed E-state index contributed by atoms with van der Waals surface area (Å²) in [5.74, 6) is 0.307. The number of amides is 2. The lowest BCUT2D eigenvalue weighted by molar-refractivity contribution is -0.114. The fraction of sp³-hybridized carbons (Fsp3) is 0.381. The molecule has 0 unspecified atom stereocenters. The number of carbonyl (C=O) groups is 2. The Morgan fingerprint density at radius 1 is 1.07 bits per heavy atom. The predicted molar refractivity (Wildman–Crippen MR) is 111 cm³/mol. The second-order valence-corrected chi connectivity index (χ2v) is 7.24. The Morgan fingerprint density at radius 3 is 2.41 bits per heavy atom. The number of hydrogen-bond donors (Lipinski definition) is 2. The topological polar surface area (TPSA) is 98.8 Å². The summed E-state index contributed by atoms with van der Waals surface area (Å²) < 4.78 is 16.4. The van der Waals surface area contributed by atoms with Crippen LogP contribution in [0.25, 0.3) is 0 Å². The monoisotopic (exact) mass is 401 g/mol. The first-order valence-corrected chi connectivity index (χ1v) is 9.18. The second-order valence-electron chi connectivity index (χ2n) is 7.24. The summed E-state index contributed by atoms with van der Waals surface area (Å²) in [5.41, 5.74) is 1.11. The molecule has 8 nitrogen and oxygen atoms in total. The number of anilines is 2. The quantitative estimate of drug-likeness (QED) is 0.657. The minimum Gasteiger partial charge on any atom is -0.495 e. The van der Waals surface area contributed by atoms with Crippen molar-refractivity contribution in [3.63, 3.8) is 0 Å². The number of methoxy groups -OCH3 is 1. The maximum Gasteiger partial charge on any atom is 0.257 e. The van der Waals surface area contributed by atoms with Gasteiger partial charge in [-0.25, -0.2) is 4.98 Å². The molecule has 0 aliphatic heterocycles. The van der Waals surface area contributed by atoms with E-state index in [1.165, 1.54) is 20.2 Å². The van der Waals surface area contributed by atoms with Crippen LogP contribution in [0.3, 0.4) is 0 Å². The van der Waals surface area contributed by atoms with Gasteiger partial charge in [0.05, 0.1) is 30.6 Å². The molecule has 0 saturated carbocycles. The lowest BCUT2D eigenvalue weighted by Crippen LogP contribution is -2.22. The molecule has 0 radical (unpaired) electrons. The summed E-state index contributed by atoms with van der Waals surface area (Å²) in [6.07, 6.45) is 1.43. The van der Waals surface area contributed by atoms with Crippen molar-refractivity contribution in [2.24, 2.45) is 0 Å². The first-order chi connectivity index (χ1) is 13.7. The van der Waals surface area contributed by atoms with Gasteiger partial charge in [0.25, 0.3) is 5.91 Å². The molecule has 1 aromatic heterocycles. The lowest BCUT2D eigenvalue weighted by atomic mass is 10.2. The summed E-state index contributed by atoms with van der Waals surface area (Å²) >= 11 is 0. The highest BCUT2D eigenvalue weighted by Crippen LogP contribution is 2.28. The Hall–Kier alpha value is -3.13. The fourth-order valence-electron chi connectivity index (χ4n) is 2.38. The number of benzene rings is 1. The number of nitrogens with one attached hydrogen (secondary N) is 2. The van der Waals surface area contributed by atoms with Crippen molar-refractivity contribution in [3.8, 4) is 11.6 Å². The molecule has 2 amide bonds. The van der Waals surface area contributed by atoms with Crippen LogP contribution in [0, 0.1) is 0 Å². The smallest absolute Gasteiger partial charge is 0.257 e. The third-order valence-corrected chi connectivity index (χ3v) is 3.63. The Morgan fingerprint density at radius 2 is 1.83 bits per heavy atom. The van der Waals surface area contributed by atoms with Gasteiger partial charge in [0.15, 0.2) is 0 Å². The summed E-state index contributed by atoms with van der Waals surface area (Å²) in [6, 6.07) is 8.21. The van der Waals surface area contributed by atoms with Crippen molar-refractivity contribution in [1.82, 2.24) is 4.98 Å². The summed E-state index contributed by atoms with van der Waals surface area (Å²) in [5, 5.41) is 5.43. The molecule has 0 aliphatic rings. The Bertz CT molecular complexity index is 844. The van der Waals surface area contributed by atoms with E-state index in [-0.39, 0.29) is 17.4 Å². The van der Waals surface area contributed by atoms with Gasteiger partial charge in [0, 0.05) is 24.9 Å². The maximum absolute atomic E-state index is 12.5. The lowest BCUT2D eigenvalue weighted by Gasteiger charge is -2.19. The SMILES string of the molecule is COc1ccc(NC(C)=O)cc1NC(=O)c1ccc(OCCOC(C)(C)C)nc1. The number of aromatic nitrogens is 1. The average Bonchev–Trinajstić information content (AvgIpc) is 2.65. The van der Waals surface area contributed by atoms with Gasteiger partial charge in [-0.15, -0.1) is 0 Å². The highest BCUT2D eigenvalue weighted by atomic mass is 16.5. The van der Waals surface area contributed by atoms with Crippen molar-refractivity contribution < 1.29 is 23.8 Å². The molecule has 29 heavy (non-hydrogen) atoms. The molecule has 0 saturated heterocycles. The van der Waals surface area contributed by atoms with Gasteiger partial charge >= 0.3 is 0 Å². The van der Waals surface area contributed by atoms with Crippen LogP contribution in [0.1, 0.15) is 38.1 Å². The van der Waals surface area contributed by atoms with Crippen LogP contribution >= 0.6 is 0 Å². The van der Waals surface area contributed by atoms with E-state index in [9.17, 15) is 9.59 Å². The van der Waals surface area contributed by atoms with Crippen LogP contribution < -0.4 is 20.1 Å². The molecule has 0 spiro atoms. The molecule has 0 aliphatic carbocycles. The molecule has 8 heteroatoms. The van der Waals surface area contributed by atoms with E-state index >= 15 is 0 Å². The van der Waals surface area contributed by atoms with Gasteiger partial charge in [-0.3, -0.25) is 9.59 Å². The third-order valence-electron chi connectivity index (χ3n) is 3.63. The molecule has 156 valence electrons. The van der Waals surface area contributed by atoms with E-state index in [2.05, 4.69) is 15.6 Å². The largest absolute Gasteiger partial charge is 0.495 e. The van der Waals surface area contributed by atoms with Crippen molar-refractivity contribution in [1.29, 1.82) is 0 Å². The van der Waals surface area contributed by atoms with Crippen molar-refractivity contribution in [2.75, 3.05) is 31.0 Å². The molecule has 2 N–H and O–H groups in total. The summed E-state index contributed by atoms with van der Waals surface area (Å²) in [4.78, 5) is 27.9. The molecule has 1 aromatic carbocycles. The molecule has 2 rings (SSSR count). The van der Waals surface area contributed by atoms with Gasteiger partial charge in [0.1, 0.15) is 12.4 Å². The zero-order valence-corrected chi connectivity index (χ0v) is 17.4. The zero-order valence-electron chi connectivity index (χ0n) is 17.4. The number of rotatable bonds is 8. The van der Waals surface area contributed by atoms with E-state index in [4.69, 9.17) is 14.2 Å². The first-order valence-electron chi connectivity index (χ1n) is 9.18. The number of ether oxygens (including phenoxy) is 3. The van der Waals surface area contributed by atoms with Crippen LogP contribution in [0.15, 0.2) is 36.5 Å². The highest BCUT2D eigenvalue weighted by Gasteiger charge is 2.13. The number of nitrogens with zero attached hydrogens (tertiary/aromatic N) is 1. The molecular formula is C21H27N3O5. The van der Waals surface area contributed by atoms with Gasteiger partial charge in [-0.1, -0.05) is 0 Å². The fourth-order valence-corrected chi connectivity index (χ4v) is 2.38. The predicted octanol–water partition coefficient (Wildman–Crippen LogP) is 3.49. The molecule has 0 atom stereocenters. The Balaban J connectivity index is 1.99. The number of hydrogen-bond acceptors (Lipinski definition) is 6. The summed E-state index contributed by atoms with van der Waals surface area (Å²) in [7, 11) is 1.50. The minimum absolute atomic E-state index is 0.208. The zero-order chi connectivity index (χ0) is 21.4. The summed E-state index contributed by atoms with van der Waals surface area (Å²) in [6.45, 7) is 8.13. The van der Waals surface area contributed by atoms with Gasteiger partial charge in [-0.05, 0) is 45.0 Å². The number of carbonyl (C=O) groups excluding carboxylic acids is 2. The number of pyridine rings is 1. The Labute approximate surface area is 170 Å². The molecule has 2 aromatic rings. The van der Waals surface area contributed by atoms with E-state index in [1.807, 2.05) is 20.8 Å². The van der Waals surface area contributed by atoms with Gasteiger partial charge in [0.2, 0.25) is 11.8 Å². The van der Waals surface area contributed by atoms with Gasteiger partial charge in [-0.2, -0.15) is 0 Å². The standard InChI is InChI=1S/C21H27N3O5/c1-14(25)23-16-7-8-18(27-5)17(12-16)24-20(26)15-6-9-19(22-13-15)28-10-11-29-21(2,3)4/h6-9,12-13H,10-11H2,1-5H3,(H,23,25)(H,24,26). The van der Waals surface area contributed by atoms with Crippen molar-refractivity contribution in [3.05, 3.63) is 42.1 Å². The molecule has 0 fully saturated rings. The first kappa shape index (κ1) is 22.2. The van der Waals surface area contributed by atoms with Crippen molar-refractivity contribution in [2.45, 2.75) is 33.3 Å². The van der Waals surface area contributed by atoms with Gasteiger partial charge < -0.3 is 24.8 Å². The molecular weight excluding hydrogens is 374 g/mol. The van der Waals surface area contributed by atoms with Crippen LogP contribution in [0.4, 0.5) is 11.4 Å². The third kappa shape index (κ3) is 7.42. The second kappa shape index (κ2) is 9.88. The highest BCUT2D eigenvalue weighted by molar-refractivity contribution is 6.05.